The molecule has 0 unspecified atom stereocenters. The third kappa shape index (κ3) is 3.90. The molecule has 6 heteroatoms. The number of rotatable bonds is 4. The third-order valence-electron chi connectivity index (χ3n) is 5.43. The number of nitrogens with two attached hydrogens (primary N) is 1. The number of hydrogen-bond donors (Lipinski definition) is 2. The fraction of sp³-hybridized carbons (Fsp3) is 0.409. The van der Waals surface area contributed by atoms with E-state index < -0.39 is 0 Å². The molecule has 0 spiro atoms. The lowest BCUT2D eigenvalue weighted by Gasteiger charge is -2.24. The molecule has 146 valence electrons. The van der Waals surface area contributed by atoms with E-state index in [1.807, 2.05) is 24.3 Å². The largest absolute Gasteiger partial charge is 0.368 e. The maximum atomic E-state index is 6.50. The van der Waals surface area contributed by atoms with Crippen LogP contribution < -0.4 is 11.1 Å². The number of nitrogens with zero attached hydrogens (tertiary/aromatic N) is 3. The Morgan fingerprint density at radius 2 is 1.82 bits per heavy atom. The van der Waals surface area contributed by atoms with Crippen LogP contribution in [0.3, 0.4) is 0 Å². The second-order valence-electron chi connectivity index (χ2n) is 7.87. The van der Waals surface area contributed by atoms with Gasteiger partial charge in [0.15, 0.2) is 0 Å². The van der Waals surface area contributed by atoms with E-state index in [0.717, 1.165) is 46.4 Å². The first-order valence-corrected chi connectivity index (χ1v) is 10.4. The number of anilines is 2. The van der Waals surface area contributed by atoms with Crippen molar-refractivity contribution in [3.8, 4) is 11.1 Å². The van der Waals surface area contributed by atoms with Crippen molar-refractivity contribution in [3.05, 3.63) is 41.2 Å². The van der Waals surface area contributed by atoms with Crippen LogP contribution in [0, 0.1) is 0 Å². The highest BCUT2D eigenvalue weighted by molar-refractivity contribution is 6.32. The van der Waals surface area contributed by atoms with Gasteiger partial charge in [-0.2, -0.15) is 4.98 Å². The van der Waals surface area contributed by atoms with Crippen LogP contribution in [0.1, 0.15) is 57.6 Å². The van der Waals surface area contributed by atoms with Crippen molar-refractivity contribution in [2.45, 2.75) is 57.9 Å². The van der Waals surface area contributed by atoms with Crippen LogP contribution in [0.2, 0.25) is 5.15 Å². The van der Waals surface area contributed by atoms with Crippen LogP contribution in [0.4, 0.5) is 11.8 Å². The third-order valence-corrected chi connectivity index (χ3v) is 5.72. The van der Waals surface area contributed by atoms with Crippen molar-refractivity contribution in [3.63, 3.8) is 0 Å². The van der Waals surface area contributed by atoms with E-state index in [4.69, 9.17) is 17.3 Å². The Kier molecular flexibility index (Phi) is 5.36. The number of halogens is 1. The first-order chi connectivity index (χ1) is 13.5. The molecule has 0 bridgehead atoms. The quantitative estimate of drug-likeness (QED) is 0.546. The molecular weight excluding hydrogens is 370 g/mol. The summed E-state index contributed by atoms with van der Waals surface area (Å²) in [6, 6.07) is 10.6. The second-order valence-corrected chi connectivity index (χ2v) is 8.23. The van der Waals surface area contributed by atoms with Gasteiger partial charge >= 0.3 is 0 Å². The van der Waals surface area contributed by atoms with Crippen LogP contribution in [0.25, 0.3) is 22.0 Å². The van der Waals surface area contributed by atoms with Gasteiger partial charge in [-0.3, -0.25) is 0 Å². The molecule has 3 aromatic rings. The summed E-state index contributed by atoms with van der Waals surface area (Å²) in [5.74, 6) is 1.43. The zero-order valence-corrected chi connectivity index (χ0v) is 17.1. The van der Waals surface area contributed by atoms with Crippen LogP contribution in [0.5, 0.6) is 0 Å². The fourth-order valence-corrected chi connectivity index (χ4v) is 4.12. The Bertz CT molecular complexity index is 996. The summed E-state index contributed by atoms with van der Waals surface area (Å²) >= 11 is 6.50. The Hall–Kier alpha value is -2.40. The highest BCUT2D eigenvalue weighted by Crippen LogP contribution is 2.33. The van der Waals surface area contributed by atoms with Crippen molar-refractivity contribution in [2.75, 3.05) is 11.1 Å². The molecule has 1 aliphatic carbocycles. The van der Waals surface area contributed by atoms with Crippen LogP contribution >= 0.6 is 11.6 Å². The summed E-state index contributed by atoms with van der Waals surface area (Å²) < 4.78 is 0. The zero-order valence-electron chi connectivity index (χ0n) is 16.4. The molecule has 0 saturated heterocycles. The molecule has 5 nitrogen and oxygen atoms in total. The van der Waals surface area contributed by atoms with E-state index in [1.54, 1.807) is 0 Å². The van der Waals surface area contributed by atoms with Gasteiger partial charge in [0.1, 0.15) is 11.0 Å². The Morgan fingerprint density at radius 1 is 1.04 bits per heavy atom. The molecule has 0 aliphatic heterocycles. The van der Waals surface area contributed by atoms with Gasteiger partial charge in [0.05, 0.1) is 5.52 Å². The molecule has 2 heterocycles. The van der Waals surface area contributed by atoms with Crippen molar-refractivity contribution in [1.29, 1.82) is 0 Å². The monoisotopic (exact) mass is 395 g/mol. The number of hydrogen-bond acceptors (Lipinski definition) is 5. The molecule has 1 aromatic carbocycles. The van der Waals surface area contributed by atoms with Crippen LogP contribution in [-0.4, -0.2) is 21.0 Å². The average molecular weight is 396 g/mol. The van der Waals surface area contributed by atoms with Crippen molar-refractivity contribution < 1.29 is 0 Å². The van der Waals surface area contributed by atoms with Gasteiger partial charge < -0.3 is 11.1 Å². The van der Waals surface area contributed by atoms with Gasteiger partial charge in [0, 0.05) is 22.7 Å². The molecule has 28 heavy (non-hydrogen) atoms. The van der Waals surface area contributed by atoms with Crippen LogP contribution in [-0.2, 0) is 0 Å². The Balaban J connectivity index is 1.75. The average Bonchev–Trinajstić information content (AvgIpc) is 2.68. The molecule has 0 atom stereocenters. The lowest BCUT2D eigenvalue weighted by Crippen LogP contribution is -2.23. The van der Waals surface area contributed by atoms with Crippen molar-refractivity contribution in [2.24, 2.45) is 0 Å². The topological polar surface area (TPSA) is 76.7 Å². The highest BCUT2D eigenvalue weighted by Gasteiger charge is 2.17. The summed E-state index contributed by atoms with van der Waals surface area (Å²) in [7, 11) is 0. The van der Waals surface area contributed by atoms with Crippen molar-refractivity contribution in [1.82, 2.24) is 15.0 Å². The summed E-state index contributed by atoms with van der Waals surface area (Å²) in [5, 5.41) is 5.08. The predicted molar refractivity (Wildman–Crippen MR) is 117 cm³/mol. The lowest BCUT2D eigenvalue weighted by atomic mass is 9.95. The van der Waals surface area contributed by atoms with E-state index in [0.29, 0.717) is 23.1 Å². The number of aromatic nitrogens is 3. The maximum absolute atomic E-state index is 6.50. The number of benzene rings is 1. The van der Waals surface area contributed by atoms with Gasteiger partial charge in [0.25, 0.3) is 0 Å². The number of pyridine rings is 1. The van der Waals surface area contributed by atoms with Gasteiger partial charge in [-0.1, -0.05) is 50.8 Å². The fourth-order valence-electron chi connectivity index (χ4n) is 3.85. The first-order valence-electron chi connectivity index (χ1n) is 10.0. The Labute approximate surface area is 170 Å². The molecule has 1 saturated carbocycles. The molecular formula is C22H26ClN5. The molecule has 2 aromatic heterocycles. The number of nitrogen functional groups attached to an aromatic ring is 1. The minimum absolute atomic E-state index is 0.291. The van der Waals surface area contributed by atoms with Gasteiger partial charge in [-0.25, -0.2) is 9.97 Å². The molecule has 3 N–H and O–H groups in total. The van der Waals surface area contributed by atoms with Crippen LogP contribution in [0.15, 0.2) is 30.3 Å². The van der Waals surface area contributed by atoms with E-state index in [1.165, 1.54) is 19.3 Å². The molecule has 1 aliphatic rings. The SMILES string of the molecule is CC(C)c1ccc(-c2ccc3nc(N)nc(NC4CCCCC4)c3c2)c(Cl)n1. The van der Waals surface area contributed by atoms with Gasteiger partial charge in [0.2, 0.25) is 5.95 Å². The predicted octanol–water partition coefficient (Wildman–Crippen LogP) is 5.80. The normalized spacial score (nSPS) is 15.3. The smallest absolute Gasteiger partial charge is 0.222 e. The van der Waals surface area contributed by atoms with E-state index in [-0.39, 0.29) is 0 Å². The van der Waals surface area contributed by atoms with Crippen molar-refractivity contribution >= 4 is 34.3 Å². The van der Waals surface area contributed by atoms with Gasteiger partial charge in [-0.15, -0.1) is 0 Å². The first kappa shape index (κ1) is 18.9. The van der Waals surface area contributed by atoms with E-state index in [9.17, 15) is 0 Å². The summed E-state index contributed by atoms with van der Waals surface area (Å²) in [5.41, 5.74) is 9.69. The highest BCUT2D eigenvalue weighted by atomic mass is 35.5. The zero-order chi connectivity index (χ0) is 19.7. The molecule has 1 fully saturated rings. The summed E-state index contributed by atoms with van der Waals surface area (Å²) in [4.78, 5) is 13.5. The number of fused-ring (bicyclic) bond motifs is 1. The minimum atomic E-state index is 0.291. The molecule has 0 amide bonds. The maximum Gasteiger partial charge on any atom is 0.222 e. The summed E-state index contributed by atoms with van der Waals surface area (Å²) in [6.45, 7) is 4.22. The molecule has 4 rings (SSSR count). The Morgan fingerprint density at radius 3 is 2.54 bits per heavy atom. The number of nitrogens with one attached hydrogen (secondary N) is 1. The van der Waals surface area contributed by atoms with E-state index >= 15 is 0 Å². The lowest BCUT2D eigenvalue weighted by molar-refractivity contribution is 0.462. The van der Waals surface area contributed by atoms with E-state index in [2.05, 4.69) is 40.2 Å². The molecule has 0 radical (unpaired) electrons. The minimum Gasteiger partial charge on any atom is -0.368 e. The van der Waals surface area contributed by atoms with Gasteiger partial charge in [-0.05, 0) is 48.6 Å². The summed E-state index contributed by atoms with van der Waals surface area (Å²) in [6.07, 6.45) is 6.15. The second kappa shape index (κ2) is 7.92. The standard InChI is InChI=1S/C22H26ClN5/c1-13(2)18-11-9-16(20(23)26-18)14-8-10-19-17(12-14)21(28-22(24)27-19)25-15-6-4-3-5-7-15/h8-13,15H,3-7H2,1-2H3,(H3,24,25,27,28).